The first kappa shape index (κ1) is 14.7. The van der Waals surface area contributed by atoms with Crippen LogP contribution in [-0.4, -0.2) is 41.4 Å². The van der Waals surface area contributed by atoms with Gasteiger partial charge in [-0.2, -0.15) is 5.10 Å². The summed E-state index contributed by atoms with van der Waals surface area (Å²) in [5.41, 5.74) is 1.23. The molecule has 0 fully saturated rings. The van der Waals surface area contributed by atoms with E-state index in [0.717, 1.165) is 10.9 Å². The number of likely N-dealkylation sites (N-methyl/N-ethyl adjacent to an activating group) is 2. The van der Waals surface area contributed by atoms with Crippen molar-refractivity contribution in [2.24, 2.45) is 7.05 Å². The largest absolute Gasteiger partial charge is 0.310 e. The van der Waals surface area contributed by atoms with Gasteiger partial charge in [0.2, 0.25) is 0 Å². The van der Waals surface area contributed by atoms with Crippen LogP contribution >= 0.6 is 15.9 Å². The highest BCUT2D eigenvalue weighted by atomic mass is 79.9. The number of hydrogen-bond donors (Lipinski definition) is 1. The molecule has 0 aliphatic heterocycles. The maximum Gasteiger partial charge on any atom is 0.0711 e. The smallest absolute Gasteiger partial charge is 0.0711 e. The fourth-order valence-corrected chi connectivity index (χ4v) is 2.84. The molecule has 0 saturated heterocycles. The van der Waals surface area contributed by atoms with Crippen molar-refractivity contribution in [3.05, 3.63) is 16.4 Å². The summed E-state index contributed by atoms with van der Waals surface area (Å²) in [4.78, 5) is 2.27. The summed E-state index contributed by atoms with van der Waals surface area (Å²) in [6, 6.07) is 0.226. The lowest BCUT2D eigenvalue weighted by atomic mass is 9.86. The van der Waals surface area contributed by atoms with E-state index in [4.69, 9.17) is 0 Å². The second-order valence-electron chi connectivity index (χ2n) is 4.83. The van der Waals surface area contributed by atoms with Gasteiger partial charge in [0, 0.05) is 12.6 Å². The Balaban J connectivity index is 3.24. The summed E-state index contributed by atoms with van der Waals surface area (Å²) in [5.74, 6) is 0. The van der Waals surface area contributed by atoms with Crippen LogP contribution in [0.2, 0.25) is 0 Å². The van der Waals surface area contributed by atoms with Crippen LogP contribution in [-0.2, 0) is 7.05 Å². The highest BCUT2D eigenvalue weighted by Crippen LogP contribution is 2.35. The number of aryl methyl sites for hydroxylation is 1. The van der Waals surface area contributed by atoms with E-state index in [1.807, 2.05) is 25.0 Å². The van der Waals surface area contributed by atoms with Crippen LogP contribution < -0.4 is 5.32 Å². The Bertz CT molecular complexity index is 355. The molecule has 17 heavy (non-hydrogen) atoms. The van der Waals surface area contributed by atoms with Crippen molar-refractivity contribution < 1.29 is 0 Å². The van der Waals surface area contributed by atoms with Crippen LogP contribution in [0.1, 0.15) is 32.0 Å². The average Bonchev–Trinajstić information content (AvgIpc) is 2.61. The van der Waals surface area contributed by atoms with Crippen molar-refractivity contribution in [3.63, 3.8) is 0 Å². The fraction of sp³-hybridized carbons (Fsp3) is 0.750. The standard InChI is InChI=1S/C12H23BrN4/c1-7-12(2,16(4)5)11(14-3)10-9(13)8-15-17(10)6/h8,11,14H,7H2,1-6H3. The van der Waals surface area contributed by atoms with E-state index >= 15 is 0 Å². The molecule has 1 aromatic rings. The van der Waals surface area contributed by atoms with Gasteiger partial charge in [-0.15, -0.1) is 0 Å². The highest BCUT2D eigenvalue weighted by Gasteiger charge is 2.37. The molecule has 5 heteroatoms. The van der Waals surface area contributed by atoms with Crippen LogP contribution in [0.15, 0.2) is 10.7 Å². The van der Waals surface area contributed by atoms with E-state index in [1.165, 1.54) is 5.69 Å². The number of hydrogen-bond acceptors (Lipinski definition) is 3. The minimum atomic E-state index is 0.0467. The van der Waals surface area contributed by atoms with Gasteiger partial charge in [0.15, 0.2) is 0 Å². The van der Waals surface area contributed by atoms with Gasteiger partial charge < -0.3 is 10.2 Å². The van der Waals surface area contributed by atoms with E-state index < -0.39 is 0 Å². The molecular formula is C12H23BrN4. The van der Waals surface area contributed by atoms with Crippen molar-refractivity contribution >= 4 is 15.9 Å². The van der Waals surface area contributed by atoms with E-state index in [9.17, 15) is 0 Å². The molecule has 0 amide bonds. The van der Waals surface area contributed by atoms with Crippen molar-refractivity contribution in [1.82, 2.24) is 20.0 Å². The summed E-state index contributed by atoms with van der Waals surface area (Å²) in [5, 5.41) is 7.73. The van der Waals surface area contributed by atoms with Gasteiger partial charge in [-0.1, -0.05) is 6.92 Å². The minimum Gasteiger partial charge on any atom is -0.310 e. The van der Waals surface area contributed by atoms with Gasteiger partial charge in [0.1, 0.15) is 0 Å². The lowest BCUT2D eigenvalue weighted by molar-refractivity contribution is 0.112. The Morgan fingerprint density at radius 2 is 2.18 bits per heavy atom. The molecule has 0 aliphatic carbocycles. The highest BCUT2D eigenvalue weighted by molar-refractivity contribution is 9.10. The molecule has 0 saturated carbocycles. The zero-order chi connectivity index (χ0) is 13.2. The number of nitrogens with one attached hydrogen (secondary N) is 1. The molecule has 2 atom stereocenters. The van der Waals surface area contributed by atoms with E-state index in [-0.39, 0.29) is 11.6 Å². The Morgan fingerprint density at radius 3 is 2.47 bits per heavy atom. The summed E-state index contributed by atoms with van der Waals surface area (Å²) < 4.78 is 2.99. The van der Waals surface area contributed by atoms with Gasteiger partial charge in [0.25, 0.3) is 0 Å². The number of aromatic nitrogens is 2. The summed E-state index contributed by atoms with van der Waals surface area (Å²) in [6.45, 7) is 4.49. The van der Waals surface area contributed by atoms with E-state index in [0.29, 0.717) is 0 Å². The molecule has 1 N–H and O–H groups in total. The van der Waals surface area contributed by atoms with Crippen LogP contribution in [0, 0.1) is 0 Å². The Hall–Kier alpha value is -0.390. The normalized spacial score (nSPS) is 17.2. The molecule has 0 radical (unpaired) electrons. The molecule has 1 heterocycles. The quantitative estimate of drug-likeness (QED) is 0.905. The molecule has 4 nitrogen and oxygen atoms in total. The Morgan fingerprint density at radius 1 is 1.59 bits per heavy atom. The van der Waals surface area contributed by atoms with Crippen molar-refractivity contribution in [1.29, 1.82) is 0 Å². The van der Waals surface area contributed by atoms with Crippen molar-refractivity contribution in [2.45, 2.75) is 31.8 Å². The molecule has 1 rings (SSSR count). The third kappa shape index (κ3) is 2.56. The third-order valence-corrected chi connectivity index (χ3v) is 4.47. The predicted molar refractivity (Wildman–Crippen MR) is 75.1 cm³/mol. The van der Waals surface area contributed by atoms with Crippen LogP contribution in [0.3, 0.4) is 0 Å². The first-order valence-corrected chi connectivity index (χ1v) is 6.69. The molecular weight excluding hydrogens is 280 g/mol. The van der Waals surface area contributed by atoms with Crippen LogP contribution in [0.4, 0.5) is 0 Å². The fourth-order valence-electron chi connectivity index (χ4n) is 2.27. The molecule has 0 bridgehead atoms. The maximum absolute atomic E-state index is 4.30. The molecule has 0 aliphatic rings. The molecule has 98 valence electrons. The SMILES string of the molecule is CCC(C)(C(NC)c1c(Br)cnn1C)N(C)C. The predicted octanol–water partition coefficient (Wildman–Crippen LogP) is 2.17. The Labute approximate surface area is 113 Å². The maximum atomic E-state index is 4.30. The van der Waals surface area contributed by atoms with Crippen molar-refractivity contribution in [3.8, 4) is 0 Å². The lowest BCUT2D eigenvalue weighted by Crippen LogP contribution is -2.51. The third-order valence-electron chi connectivity index (χ3n) is 3.86. The van der Waals surface area contributed by atoms with Gasteiger partial charge in [-0.3, -0.25) is 4.68 Å². The van der Waals surface area contributed by atoms with Crippen LogP contribution in [0.5, 0.6) is 0 Å². The zero-order valence-electron chi connectivity index (χ0n) is 11.6. The molecule has 0 aromatic carbocycles. The van der Waals surface area contributed by atoms with Crippen molar-refractivity contribution in [2.75, 3.05) is 21.1 Å². The van der Waals surface area contributed by atoms with Gasteiger partial charge in [-0.25, -0.2) is 0 Å². The molecule has 0 spiro atoms. The minimum absolute atomic E-state index is 0.0467. The number of nitrogens with zero attached hydrogens (tertiary/aromatic N) is 3. The van der Waals surface area contributed by atoms with E-state index in [1.54, 1.807) is 0 Å². The van der Waals surface area contributed by atoms with Crippen LogP contribution in [0.25, 0.3) is 0 Å². The monoisotopic (exact) mass is 302 g/mol. The van der Waals surface area contributed by atoms with Gasteiger partial charge >= 0.3 is 0 Å². The summed E-state index contributed by atoms with van der Waals surface area (Å²) >= 11 is 3.59. The average molecular weight is 303 g/mol. The Kier molecular flexibility index (Phi) is 4.75. The first-order chi connectivity index (χ1) is 7.88. The zero-order valence-corrected chi connectivity index (χ0v) is 13.2. The van der Waals surface area contributed by atoms with Gasteiger partial charge in [0.05, 0.1) is 22.4 Å². The molecule has 1 aromatic heterocycles. The summed E-state index contributed by atoms with van der Waals surface area (Å²) in [7, 11) is 8.23. The van der Waals surface area contributed by atoms with E-state index in [2.05, 4.69) is 59.2 Å². The second kappa shape index (κ2) is 5.50. The number of rotatable bonds is 5. The lowest BCUT2D eigenvalue weighted by Gasteiger charge is -2.42. The second-order valence-corrected chi connectivity index (χ2v) is 5.68. The summed E-state index contributed by atoms with van der Waals surface area (Å²) in [6.07, 6.45) is 2.91. The first-order valence-electron chi connectivity index (χ1n) is 5.90. The van der Waals surface area contributed by atoms with Gasteiger partial charge in [-0.05, 0) is 50.4 Å². The molecule has 2 unspecified atom stereocenters. The topological polar surface area (TPSA) is 33.1 Å². The number of halogens is 1.